The number of carbonyl (C=O) groups excluding carboxylic acids is 1. The lowest BCUT2D eigenvalue weighted by molar-refractivity contribution is -0.140. The molecule has 0 aromatic rings. The number of allylic oxidation sites excluding steroid dienone is 1. The van der Waals surface area contributed by atoms with Crippen LogP contribution in [0.25, 0.3) is 0 Å². The van der Waals surface area contributed by atoms with Gasteiger partial charge in [0, 0.05) is 6.92 Å². The molecule has 0 spiro atoms. The molecular formula is C11H20O2. The highest BCUT2D eigenvalue weighted by molar-refractivity contribution is 5.66. The van der Waals surface area contributed by atoms with E-state index < -0.39 is 0 Å². The molecule has 0 heterocycles. The van der Waals surface area contributed by atoms with Crippen molar-refractivity contribution in [3.8, 4) is 0 Å². The highest BCUT2D eigenvalue weighted by Gasteiger charge is 1.96. The van der Waals surface area contributed by atoms with Crippen molar-refractivity contribution in [1.82, 2.24) is 0 Å². The number of esters is 1. The minimum atomic E-state index is -0.199. The molecule has 76 valence electrons. The summed E-state index contributed by atoms with van der Waals surface area (Å²) in [5.74, 6) is -0.199. The fourth-order valence-electron chi connectivity index (χ4n) is 1.01. The maximum atomic E-state index is 10.5. The number of hydrogen-bond donors (Lipinski definition) is 0. The molecule has 2 nitrogen and oxygen atoms in total. The fraction of sp³-hybridized carbons (Fsp3) is 0.727. The molecule has 0 bridgehead atoms. The van der Waals surface area contributed by atoms with Crippen molar-refractivity contribution in [2.75, 3.05) is 6.61 Å². The largest absolute Gasteiger partial charge is 0.461 e. The van der Waals surface area contributed by atoms with Gasteiger partial charge in [0.05, 0.1) is 0 Å². The molecule has 0 radical (unpaired) electrons. The zero-order chi connectivity index (χ0) is 10.1. The van der Waals surface area contributed by atoms with Crippen LogP contribution in [-0.4, -0.2) is 12.6 Å². The Morgan fingerprint density at radius 2 is 2.08 bits per heavy atom. The van der Waals surface area contributed by atoms with E-state index in [1.54, 1.807) is 0 Å². The number of hydrogen-bond acceptors (Lipinski definition) is 2. The molecule has 0 rings (SSSR count). The van der Waals surface area contributed by atoms with Crippen molar-refractivity contribution < 1.29 is 9.53 Å². The van der Waals surface area contributed by atoms with Gasteiger partial charge in [0.1, 0.15) is 6.61 Å². The summed E-state index contributed by atoms with van der Waals surface area (Å²) in [4.78, 5) is 10.5. The van der Waals surface area contributed by atoms with Gasteiger partial charge < -0.3 is 4.74 Å². The van der Waals surface area contributed by atoms with Gasteiger partial charge in [-0.1, -0.05) is 32.8 Å². The molecule has 0 saturated carbocycles. The van der Waals surface area contributed by atoms with Crippen LogP contribution < -0.4 is 0 Å². The topological polar surface area (TPSA) is 26.3 Å². The second kappa shape index (κ2) is 7.84. The molecular weight excluding hydrogens is 164 g/mol. The summed E-state index contributed by atoms with van der Waals surface area (Å²) in [5.41, 5.74) is 1.23. The molecule has 0 atom stereocenters. The summed E-state index contributed by atoms with van der Waals surface area (Å²) >= 11 is 0. The molecule has 0 fully saturated rings. The summed E-state index contributed by atoms with van der Waals surface area (Å²) in [6.07, 6.45) is 6.68. The van der Waals surface area contributed by atoms with Gasteiger partial charge in [-0.3, -0.25) is 4.79 Å². The lowest BCUT2D eigenvalue weighted by Crippen LogP contribution is -2.02. The molecule has 0 aliphatic rings. The van der Waals surface area contributed by atoms with E-state index in [0.29, 0.717) is 6.61 Å². The quantitative estimate of drug-likeness (QED) is 0.360. The Kier molecular flexibility index (Phi) is 7.36. The maximum absolute atomic E-state index is 10.5. The van der Waals surface area contributed by atoms with Crippen LogP contribution >= 0.6 is 0 Å². The second-order valence-electron chi connectivity index (χ2n) is 3.14. The van der Waals surface area contributed by atoms with Gasteiger partial charge in [0.25, 0.3) is 0 Å². The van der Waals surface area contributed by atoms with E-state index in [2.05, 4.69) is 19.9 Å². The van der Waals surface area contributed by atoms with E-state index in [-0.39, 0.29) is 5.97 Å². The minimum absolute atomic E-state index is 0.199. The Balaban J connectivity index is 3.73. The fourth-order valence-corrected chi connectivity index (χ4v) is 1.01. The first-order chi connectivity index (χ1) is 6.20. The highest BCUT2D eigenvalue weighted by Crippen LogP contribution is 2.05. The van der Waals surface area contributed by atoms with E-state index in [0.717, 1.165) is 12.8 Å². The lowest BCUT2D eigenvalue weighted by Gasteiger charge is -2.04. The van der Waals surface area contributed by atoms with Gasteiger partial charge in [-0.15, -0.1) is 0 Å². The van der Waals surface area contributed by atoms with Gasteiger partial charge in [-0.2, -0.15) is 0 Å². The van der Waals surface area contributed by atoms with Crippen LogP contribution in [-0.2, 0) is 9.53 Å². The molecule has 0 aromatic carbocycles. The average molecular weight is 184 g/mol. The Morgan fingerprint density at radius 1 is 1.38 bits per heavy atom. The van der Waals surface area contributed by atoms with E-state index in [4.69, 9.17) is 4.74 Å². The van der Waals surface area contributed by atoms with Gasteiger partial charge in [0.15, 0.2) is 0 Å². The predicted molar refractivity (Wildman–Crippen MR) is 54.5 cm³/mol. The number of unbranched alkanes of at least 4 members (excludes halogenated alkanes) is 2. The molecule has 13 heavy (non-hydrogen) atoms. The number of rotatable bonds is 6. The minimum Gasteiger partial charge on any atom is -0.461 e. The summed E-state index contributed by atoms with van der Waals surface area (Å²) in [7, 11) is 0. The van der Waals surface area contributed by atoms with E-state index in [1.165, 1.54) is 25.3 Å². The van der Waals surface area contributed by atoms with Crippen molar-refractivity contribution in [2.45, 2.75) is 46.5 Å². The van der Waals surface area contributed by atoms with E-state index in [9.17, 15) is 4.79 Å². The first kappa shape index (κ1) is 12.2. The third-order valence-electron chi connectivity index (χ3n) is 1.91. The Morgan fingerprint density at radius 3 is 2.54 bits per heavy atom. The third-order valence-corrected chi connectivity index (χ3v) is 1.91. The lowest BCUT2D eigenvalue weighted by atomic mass is 10.1. The third kappa shape index (κ3) is 7.57. The molecule has 0 aromatic heterocycles. The molecule has 0 amide bonds. The molecule has 0 saturated heterocycles. The van der Waals surface area contributed by atoms with Gasteiger partial charge in [-0.25, -0.2) is 0 Å². The number of ether oxygens (including phenoxy) is 1. The van der Waals surface area contributed by atoms with E-state index >= 15 is 0 Å². The monoisotopic (exact) mass is 184 g/mol. The predicted octanol–water partition coefficient (Wildman–Crippen LogP) is 3.08. The molecule has 0 unspecified atom stereocenters. The average Bonchev–Trinajstić information content (AvgIpc) is 2.10. The van der Waals surface area contributed by atoms with Crippen LogP contribution in [0.15, 0.2) is 11.6 Å². The van der Waals surface area contributed by atoms with Crippen LogP contribution in [0, 0.1) is 0 Å². The summed E-state index contributed by atoms with van der Waals surface area (Å²) in [6, 6.07) is 0. The first-order valence-electron chi connectivity index (χ1n) is 5.02. The van der Waals surface area contributed by atoms with E-state index in [1.807, 2.05) is 0 Å². The van der Waals surface area contributed by atoms with Crippen molar-refractivity contribution in [3.63, 3.8) is 0 Å². The second-order valence-corrected chi connectivity index (χ2v) is 3.14. The molecule has 2 heteroatoms. The summed E-state index contributed by atoms with van der Waals surface area (Å²) in [6.45, 7) is 6.17. The van der Waals surface area contributed by atoms with Crippen LogP contribution in [0.1, 0.15) is 46.5 Å². The molecule has 0 N–H and O–H groups in total. The summed E-state index contributed by atoms with van der Waals surface area (Å²) in [5, 5.41) is 0. The maximum Gasteiger partial charge on any atom is 0.302 e. The van der Waals surface area contributed by atoms with Crippen LogP contribution in [0.2, 0.25) is 0 Å². The summed E-state index contributed by atoms with van der Waals surface area (Å²) < 4.78 is 4.92. The van der Waals surface area contributed by atoms with Crippen molar-refractivity contribution in [3.05, 3.63) is 11.6 Å². The highest BCUT2D eigenvalue weighted by atomic mass is 16.5. The Hall–Kier alpha value is -0.790. The van der Waals surface area contributed by atoms with Crippen LogP contribution in [0.3, 0.4) is 0 Å². The smallest absolute Gasteiger partial charge is 0.302 e. The zero-order valence-corrected chi connectivity index (χ0v) is 8.93. The normalized spacial score (nSPS) is 11.5. The zero-order valence-electron chi connectivity index (χ0n) is 8.93. The van der Waals surface area contributed by atoms with Crippen LogP contribution in [0.5, 0.6) is 0 Å². The SMILES string of the molecule is CCCCC=C(CC)COC(C)=O. The van der Waals surface area contributed by atoms with Gasteiger partial charge in [0.2, 0.25) is 0 Å². The van der Waals surface area contributed by atoms with Gasteiger partial charge >= 0.3 is 5.97 Å². The van der Waals surface area contributed by atoms with Crippen molar-refractivity contribution in [1.29, 1.82) is 0 Å². The molecule has 0 aliphatic carbocycles. The number of carbonyl (C=O) groups is 1. The first-order valence-corrected chi connectivity index (χ1v) is 5.02. The van der Waals surface area contributed by atoms with Crippen LogP contribution in [0.4, 0.5) is 0 Å². The molecule has 0 aliphatic heterocycles. The van der Waals surface area contributed by atoms with Gasteiger partial charge in [-0.05, 0) is 18.4 Å². The van der Waals surface area contributed by atoms with Crippen molar-refractivity contribution in [2.24, 2.45) is 0 Å². The van der Waals surface area contributed by atoms with Crippen molar-refractivity contribution >= 4 is 5.97 Å². The Labute approximate surface area is 81.0 Å². The standard InChI is InChI=1S/C11H20O2/c1-4-6-7-8-11(5-2)9-13-10(3)12/h8H,4-7,9H2,1-3H3. The Bertz CT molecular complexity index is 171.